The molecule has 0 bridgehead atoms. The zero-order valence-electron chi connectivity index (χ0n) is 23.5. The van der Waals surface area contributed by atoms with Crippen molar-refractivity contribution in [2.45, 2.75) is 58.8 Å². The van der Waals surface area contributed by atoms with Crippen LogP contribution in [0.25, 0.3) is 11.4 Å². The molecule has 0 amide bonds. The number of aryl methyl sites for hydroxylation is 1. The van der Waals surface area contributed by atoms with E-state index < -0.39 is 11.7 Å². The molecule has 0 spiro atoms. The molecule has 1 saturated heterocycles. The molecule has 9 heteroatoms. The molecule has 1 fully saturated rings. The highest BCUT2D eigenvalue weighted by Gasteiger charge is 2.36. The zero-order chi connectivity index (χ0) is 28.6. The van der Waals surface area contributed by atoms with Gasteiger partial charge in [0.2, 0.25) is 0 Å². The van der Waals surface area contributed by atoms with E-state index in [1.165, 1.54) is 28.9 Å². The van der Waals surface area contributed by atoms with Gasteiger partial charge in [-0.05, 0) is 43.0 Å². The number of carbonyl (C=O) groups is 1. The van der Waals surface area contributed by atoms with Crippen LogP contribution in [0.1, 0.15) is 54.6 Å². The fourth-order valence-electron chi connectivity index (χ4n) is 5.79. The fourth-order valence-corrected chi connectivity index (χ4v) is 5.79. The van der Waals surface area contributed by atoms with Gasteiger partial charge in [-0.3, -0.25) is 4.90 Å². The Hall–Kier alpha value is -3.46. The molecule has 2 aliphatic rings. The molecule has 3 heterocycles. The first-order chi connectivity index (χ1) is 19.1. The molecule has 5 rings (SSSR count). The van der Waals surface area contributed by atoms with E-state index in [0.717, 1.165) is 30.2 Å². The lowest BCUT2D eigenvalue weighted by atomic mass is 9.98. The van der Waals surface area contributed by atoms with Gasteiger partial charge in [0.25, 0.3) is 0 Å². The number of aromatic nitrogens is 2. The van der Waals surface area contributed by atoms with Crippen LogP contribution in [0.5, 0.6) is 0 Å². The van der Waals surface area contributed by atoms with Crippen molar-refractivity contribution in [2.75, 3.05) is 42.5 Å². The van der Waals surface area contributed by atoms with Gasteiger partial charge in [0.05, 0.1) is 17.8 Å². The van der Waals surface area contributed by atoms with Crippen LogP contribution in [0.4, 0.5) is 24.7 Å². The van der Waals surface area contributed by atoms with Gasteiger partial charge in [0.1, 0.15) is 12.1 Å². The minimum absolute atomic E-state index is 0.00500. The number of benzene rings is 2. The number of aldehydes is 1. The van der Waals surface area contributed by atoms with Crippen molar-refractivity contribution in [2.24, 2.45) is 0 Å². The van der Waals surface area contributed by atoms with E-state index in [1.807, 2.05) is 0 Å². The third kappa shape index (κ3) is 5.57. The summed E-state index contributed by atoms with van der Waals surface area (Å²) >= 11 is 0. The average Bonchev–Trinajstić information content (AvgIpc) is 2.93. The predicted octanol–water partition coefficient (Wildman–Crippen LogP) is 5.87. The minimum Gasteiger partial charge on any atom is -0.366 e. The van der Waals surface area contributed by atoms with Crippen molar-refractivity contribution in [1.82, 2.24) is 14.9 Å². The first-order valence-electron chi connectivity index (χ1n) is 13.9. The summed E-state index contributed by atoms with van der Waals surface area (Å²) in [4.78, 5) is 27.4. The summed E-state index contributed by atoms with van der Waals surface area (Å²) in [5, 5.41) is 0. The highest BCUT2D eigenvalue weighted by atomic mass is 19.4. The van der Waals surface area contributed by atoms with Crippen molar-refractivity contribution in [3.63, 3.8) is 0 Å². The number of hydrogen-bond donors (Lipinski definition) is 0. The summed E-state index contributed by atoms with van der Waals surface area (Å²) in [6, 6.07) is 12.2. The normalized spacial score (nSPS) is 18.2. The largest absolute Gasteiger partial charge is 0.417 e. The van der Waals surface area contributed by atoms with Crippen LogP contribution in [0.3, 0.4) is 0 Å². The first-order valence-corrected chi connectivity index (χ1v) is 13.9. The molecular formula is C31H36F3N5O. The number of rotatable bonds is 6. The van der Waals surface area contributed by atoms with Crippen molar-refractivity contribution in [3.8, 4) is 11.4 Å². The third-order valence-corrected chi connectivity index (χ3v) is 8.13. The number of hydrogen-bond acceptors (Lipinski definition) is 6. The average molecular weight is 552 g/mol. The Kier molecular flexibility index (Phi) is 7.86. The summed E-state index contributed by atoms with van der Waals surface area (Å²) < 4.78 is 41.9. The first kappa shape index (κ1) is 28.1. The molecule has 1 aromatic heterocycles. The topological polar surface area (TPSA) is 52.6 Å². The zero-order valence-corrected chi connectivity index (χ0v) is 23.5. The van der Waals surface area contributed by atoms with Crippen molar-refractivity contribution in [1.29, 1.82) is 0 Å². The van der Waals surface area contributed by atoms with Gasteiger partial charge in [0, 0.05) is 62.0 Å². The van der Waals surface area contributed by atoms with Crippen LogP contribution in [0.15, 0.2) is 42.5 Å². The van der Waals surface area contributed by atoms with Gasteiger partial charge in [-0.1, -0.05) is 44.2 Å². The van der Waals surface area contributed by atoms with E-state index in [4.69, 9.17) is 9.97 Å². The van der Waals surface area contributed by atoms with Gasteiger partial charge in [-0.25, -0.2) is 9.97 Å². The molecule has 0 saturated carbocycles. The maximum Gasteiger partial charge on any atom is 0.417 e. The van der Waals surface area contributed by atoms with Gasteiger partial charge in [-0.15, -0.1) is 0 Å². The van der Waals surface area contributed by atoms with Gasteiger partial charge >= 0.3 is 6.18 Å². The van der Waals surface area contributed by atoms with Gasteiger partial charge in [-0.2, -0.15) is 13.2 Å². The Morgan fingerprint density at radius 1 is 1.05 bits per heavy atom. The standard InChI is InChI=1S/C31H36F3N5O/c1-20(2)23-10-9-21(3)28(17-23)38-12-11-27-25(19-38)30(39-14-13-37(15-16-40)22(4)18-39)36-29(35-27)24-7-5-6-8-26(24)31(32,33)34/h5-10,16-17,20,22H,11-15,18-19H2,1-4H3/t22-/m1/s1. The molecule has 0 unspecified atom stereocenters. The molecule has 0 N–H and O–H groups in total. The number of nitrogens with zero attached hydrogens (tertiary/aromatic N) is 5. The number of fused-ring (bicyclic) bond motifs is 1. The molecule has 40 heavy (non-hydrogen) atoms. The molecule has 0 radical (unpaired) electrons. The number of anilines is 2. The molecule has 0 aliphatic carbocycles. The van der Waals surface area contributed by atoms with Crippen LogP contribution in [0.2, 0.25) is 0 Å². The molecule has 6 nitrogen and oxygen atoms in total. The van der Waals surface area contributed by atoms with Gasteiger partial charge in [0.15, 0.2) is 5.82 Å². The molecular weight excluding hydrogens is 515 g/mol. The van der Waals surface area contributed by atoms with E-state index >= 15 is 0 Å². The highest BCUT2D eigenvalue weighted by Crippen LogP contribution is 2.39. The molecule has 1 atom stereocenters. The van der Waals surface area contributed by atoms with Gasteiger partial charge < -0.3 is 14.6 Å². The Labute approximate surface area is 233 Å². The van der Waals surface area contributed by atoms with Crippen LogP contribution in [-0.2, 0) is 23.9 Å². The fraction of sp³-hybridized carbons (Fsp3) is 0.452. The SMILES string of the molecule is Cc1ccc(C(C)C)cc1N1CCc2nc(-c3ccccc3C(F)(F)F)nc(N3CCN(CC=O)[C@H](C)C3)c2C1. The predicted molar refractivity (Wildman–Crippen MR) is 152 cm³/mol. The van der Waals surface area contributed by atoms with E-state index in [9.17, 15) is 18.0 Å². The molecule has 3 aromatic rings. The van der Waals surface area contributed by atoms with Crippen LogP contribution >= 0.6 is 0 Å². The third-order valence-electron chi connectivity index (χ3n) is 8.13. The number of carbonyl (C=O) groups excluding carboxylic acids is 1. The Morgan fingerprint density at radius 2 is 1.82 bits per heavy atom. The summed E-state index contributed by atoms with van der Waals surface area (Å²) in [5.41, 5.74) is 4.64. The number of halogens is 3. The van der Waals surface area contributed by atoms with Crippen LogP contribution in [0, 0.1) is 6.92 Å². The summed E-state index contributed by atoms with van der Waals surface area (Å²) in [7, 11) is 0. The Bertz CT molecular complexity index is 1390. The molecule has 2 aromatic carbocycles. The smallest absolute Gasteiger partial charge is 0.366 e. The van der Waals surface area contributed by atoms with E-state index in [-0.39, 0.29) is 17.4 Å². The number of alkyl halides is 3. The summed E-state index contributed by atoms with van der Waals surface area (Å²) in [6.45, 7) is 12.1. The van der Waals surface area contributed by atoms with Crippen molar-refractivity contribution in [3.05, 3.63) is 70.4 Å². The van der Waals surface area contributed by atoms with E-state index in [2.05, 4.69) is 60.6 Å². The van der Waals surface area contributed by atoms with E-state index in [1.54, 1.807) is 6.07 Å². The quantitative estimate of drug-likeness (QED) is 0.358. The second kappa shape index (κ2) is 11.2. The highest BCUT2D eigenvalue weighted by molar-refractivity contribution is 5.67. The second-order valence-corrected chi connectivity index (χ2v) is 11.2. The monoisotopic (exact) mass is 551 g/mol. The second-order valence-electron chi connectivity index (χ2n) is 11.2. The van der Waals surface area contributed by atoms with Crippen LogP contribution < -0.4 is 9.80 Å². The van der Waals surface area contributed by atoms with Crippen LogP contribution in [-0.4, -0.2) is 59.9 Å². The Morgan fingerprint density at radius 3 is 2.52 bits per heavy atom. The minimum atomic E-state index is -4.51. The lowest BCUT2D eigenvalue weighted by Crippen LogP contribution is -2.53. The lowest BCUT2D eigenvalue weighted by Gasteiger charge is -2.41. The summed E-state index contributed by atoms with van der Waals surface area (Å²) in [6.07, 6.45) is -2.99. The van der Waals surface area contributed by atoms with Crippen molar-refractivity contribution >= 4 is 17.8 Å². The summed E-state index contributed by atoms with van der Waals surface area (Å²) in [5.74, 6) is 1.20. The van der Waals surface area contributed by atoms with E-state index in [0.29, 0.717) is 50.9 Å². The van der Waals surface area contributed by atoms with Crippen molar-refractivity contribution < 1.29 is 18.0 Å². The lowest BCUT2D eigenvalue weighted by molar-refractivity contribution is -0.137. The maximum atomic E-state index is 14.0. The molecule has 2 aliphatic heterocycles. The molecule has 212 valence electrons. The maximum absolute atomic E-state index is 14.0. The number of piperazine rings is 1. The Balaban J connectivity index is 1.59.